The molecule has 0 saturated heterocycles. The highest BCUT2D eigenvalue weighted by Gasteiger charge is 2.51. The van der Waals surface area contributed by atoms with E-state index in [0.717, 1.165) is 18.9 Å². The summed E-state index contributed by atoms with van der Waals surface area (Å²) in [4.78, 5) is 0. The van der Waals surface area contributed by atoms with Gasteiger partial charge in [0.2, 0.25) is 0 Å². The van der Waals surface area contributed by atoms with Crippen LogP contribution in [0.1, 0.15) is 49.5 Å². The van der Waals surface area contributed by atoms with Crippen molar-refractivity contribution in [3.05, 3.63) is 17.5 Å². The molecule has 0 atom stereocenters. The van der Waals surface area contributed by atoms with Gasteiger partial charge in [-0.25, -0.2) is 0 Å². The highest BCUT2D eigenvalue weighted by Crippen LogP contribution is 2.60. The summed E-state index contributed by atoms with van der Waals surface area (Å²) in [5, 5.41) is 4.02. The molecule has 0 radical (unpaired) electrons. The molecule has 17 heavy (non-hydrogen) atoms. The van der Waals surface area contributed by atoms with E-state index in [0.29, 0.717) is 11.1 Å². The van der Waals surface area contributed by atoms with Gasteiger partial charge < -0.3 is 0 Å². The van der Waals surface area contributed by atoms with Gasteiger partial charge in [0.1, 0.15) is 5.69 Å². The Morgan fingerprint density at radius 1 is 1.35 bits per heavy atom. The molecule has 1 heterocycles. The second-order valence-electron chi connectivity index (χ2n) is 5.53. The van der Waals surface area contributed by atoms with Gasteiger partial charge >= 0.3 is 6.18 Å². The minimum atomic E-state index is -4.29. The van der Waals surface area contributed by atoms with Crippen molar-refractivity contribution in [3.8, 4) is 0 Å². The lowest BCUT2D eigenvalue weighted by molar-refractivity contribution is -0.148. The third-order valence-electron chi connectivity index (χ3n) is 4.25. The van der Waals surface area contributed by atoms with Crippen LogP contribution in [0, 0.1) is 12.3 Å². The zero-order chi connectivity index (χ0) is 12.3. The average Bonchev–Trinajstić information content (AvgIpc) is 2.41. The second kappa shape index (κ2) is 3.27. The van der Waals surface area contributed by atoms with E-state index < -0.39 is 11.9 Å². The topological polar surface area (TPSA) is 17.8 Å². The number of nitrogens with zero attached hydrogens (tertiary/aromatic N) is 2. The molecular weight excluding hydrogens is 229 g/mol. The first kappa shape index (κ1) is 11.1. The van der Waals surface area contributed by atoms with Crippen LogP contribution in [0.3, 0.4) is 0 Å². The first-order chi connectivity index (χ1) is 7.90. The summed E-state index contributed by atoms with van der Waals surface area (Å²) in [6.45, 7) is 1.61. The van der Waals surface area contributed by atoms with E-state index in [2.05, 4.69) is 5.10 Å². The zero-order valence-corrected chi connectivity index (χ0v) is 9.72. The number of hydrogen-bond acceptors (Lipinski definition) is 1. The van der Waals surface area contributed by atoms with Crippen molar-refractivity contribution in [1.82, 2.24) is 9.78 Å². The quantitative estimate of drug-likeness (QED) is 0.736. The Hall–Kier alpha value is -1.00. The van der Waals surface area contributed by atoms with Crippen LogP contribution in [0.15, 0.2) is 6.07 Å². The Morgan fingerprint density at radius 3 is 2.47 bits per heavy atom. The number of rotatable bonds is 1. The molecule has 2 fully saturated rings. The number of halogens is 3. The molecule has 5 heteroatoms. The van der Waals surface area contributed by atoms with Crippen LogP contribution in [0.5, 0.6) is 0 Å². The Bertz CT molecular complexity index is 435. The molecule has 0 bridgehead atoms. The van der Waals surface area contributed by atoms with Crippen molar-refractivity contribution in [3.63, 3.8) is 0 Å². The summed E-state index contributed by atoms with van der Waals surface area (Å²) in [7, 11) is 0. The fourth-order valence-electron chi connectivity index (χ4n) is 3.20. The molecule has 0 aliphatic heterocycles. The van der Waals surface area contributed by atoms with Gasteiger partial charge in [0.25, 0.3) is 0 Å². The fourth-order valence-corrected chi connectivity index (χ4v) is 3.20. The Labute approximate surface area is 97.8 Å². The van der Waals surface area contributed by atoms with Gasteiger partial charge in [-0.15, -0.1) is 0 Å². The molecule has 2 aliphatic rings. The highest BCUT2D eigenvalue weighted by molar-refractivity contribution is 5.15. The lowest BCUT2D eigenvalue weighted by Gasteiger charge is -2.54. The Kier molecular flexibility index (Phi) is 2.14. The molecular formula is C12H15F3N2. The van der Waals surface area contributed by atoms with Crippen molar-refractivity contribution in [2.24, 2.45) is 5.41 Å². The van der Waals surface area contributed by atoms with E-state index in [4.69, 9.17) is 0 Å². The monoisotopic (exact) mass is 244 g/mol. The summed E-state index contributed by atoms with van der Waals surface area (Å²) in [6, 6.07) is 1.10. The Balaban J connectivity index is 1.84. The van der Waals surface area contributed by atoms with Gasteiger partial charge in [-0.05, 0) is 44.1 Å². The third-order valence-corrected chi connectivity index (χ3v) is 4.25. The van der Waals surface area contributed by atoms with Gasteiger partial charge in [-0.1, -0.05) is 6.42 Å². The van der Waals surface area contributed by atoms with Crippen molar-refractivity contribution in [2.75, 3.05) is 0 Å². The molecule has 0 aromatic carbocycles. The first-order valence-electron chi connectivity index (χ1n) is 6.03. The summed E-state index contributed by atoms with van der Waals surface area (Å²) >= 11 is 0. The molecule has 1 spiro atoms. The lowest BCUT2D eigenvalue weighted by atomic mass is 9.54. The van der Waals surface area contributed by atoms with Crippen LogP contribution in [0.2, 0.25) is 0 Å². The van der Waals surface area contributed by atoms with Crippen molar-refractivity contribution >= 4 is 0 Å². The van der Waals surface area contributed by atoms with Gasteiger partial charge in [0, 0.05) is 0 Å². The predicted octanol–water partition coefficient (Wildman–Crippen LogP) is 3.72. The molecule has 0 N–H and O–H groups in total. The standard InChI is InChI=1S/C12H15F3N2/c1-8-5-10(12(13,14)15)17(16-8)9-6-11(7-9)3-2-4-11/h5,9H,2-4,6-7H2,1H3. The van der Waals surface area contributed by atoms with Crippen LogP contribution < -0.4 is 0 Å². The smallest absolute Gasteiger partial charge is 0.257 e. The maximum Gasteiger partial charge on any atom is 0.433 e. The first-order valence-corrected chi connectivity index (χ1v) is 6.03. The molecule has 1 aromatic heterocycles. The van der Waals surface area contributed by atoms with E-state index in [1.807, 2.05) is 0 Å². The van der Waals surface area contributed by atoms with Gasteiger partial charge in [-0.3, -0.25) is 4.68 Å². The summed E-state index contributed by atoms with van der Waals surface area (Å²) in [6.07, 6.45) is 1.06. The molecule has 0 unspecified atom stereocenters. The largest absolute Gasteiger partial charge is 0.433 e. The molecule has 2 saturated carbocycles. The molecule has 94 valence electrons. The van der Waals surface area contributed by atoms with Crippen LogP contribution in [0.25, 0.3) is 0 Å². The maximum atomic E-state index is 12.8. The molecule has 1 aromatic rings. The van der Waals surface area contributed by atoms with Crippen LogP contribution >= 0.6 is 0 Å². The predicted molar refractivity (Wildman–Crippen MR) is 56.5 cm³/mol. The normalized spacial score (nSPS) is 23.5. The zero-order valence-electron chi connectivity index (χ0n) is 9.72. The Morgan fingerprint density at radius 2 is 2.00 bits per heavy atom. The summed E-state index contributed by atoms with van der Waals surface area (Å²) < 4.78 is 39.6. The fraction of sp³-hybridized carbons (Fsp3) is 0.750. The van der Waals surface area contributed by atoms with Crippen molar-refractivity contribution in [2.45, 2.75) is 51.2 Å². The van der Waals surface area contributed by atoms with E-state index in [9.17, 15) is 13.2 Å². The van der Waals surface area contributed by atoms with E-state index in [1.165, 1.54) is 23.9 Å². The third kappa shape index (κ3) is 1.67. The average molecular weight is 244 g/mol. The highest BCUT2D eigenvalue weighted by atomic mass is 19.4. The number of hydrogen-bond donors (Lipinski definition) is 0. The van der Waals surface area contributed by atoms with Crippen molar-refractivity contribution in [1.29, 1.82) is 0 Å². The van der Waals surface area contributed by atoms with E-state index >= 15 is 0 Å². The number of aryl methyl sites for hydroxylation is 1. The van der Waals surface area contributed by atoms with E-state index in [-0.39, 0.29) is 6.04 Å². The van der Waals surface area contributed by atoms with Gasteiger partial charge in [-0.2, -0.15) is 18.3 Å². The van der Waals surface area contributed by atoms with Crippen LogP contribution in [0.4, 0.5) is 13.2 Å². The summed E-state index contributed by atoms with van der Waals surface area (Å²) in [5.41, 5.74) is 0.231. The molecule has 3 rings (SSSR count). The SMILES string of the molecule is Cc1cc(C(F)(F)F)n(C2CC3(CCC3)C2)n1. The van der Waals surface area contributed by atoms with Gasteiger partial charge in [0.05, 0.1) is 11.7 Å². The number of aromatic nitrogens is 2. The maximum absolute atomic E-state index is 12.8. The second-order valence-corrected chi connectivity index (χ2v) is 5.53. The van der Waals surface area contributed by atoms with Crippen LogP contribution in [-0.2, 0) is 6.18 Å². The molecule has 2 aliphatic carbocycles. The minimum Gasteiger partial charge on any atom is -0.257 e. The van der Waals surface area contributed by atoms with Crippen molar-refractivity contribution < 1.29 is 13.2 Å². The number of alkyl halides is 3. The summed E-state index contributed by atoms with van der Waals surface area (Å²) in [5.74, 6) is 0. The minimum absolute atomic E-state index is 0.0411. The van der Waals surface area contributed by atoms with Gasteiger partial charge in [0.15, 0.2) is 0 Å². The lowest BCUT2D eigenvalue weighted by Crippen LogP contribution is -2.44. The molecule has 0 amide bonds. The molecule has 2 nitrogen and oxygen atoms in total. The van der Waals surface area contributed by atoms with E-state index in [1.54, 1.807) is 6.92 Å². The van der Waals surface area contributed by atoms with Crippen LogP contribution in [-0.4, -0.2) is 9.78 Å².